The van der Waals surface area contributed by atoms with Crippen molar-refractivity contribution in [2.75, 3.05) is 0 Å². The first-order chi connectivity index (χ1) is 11.2. The van der Waals surface area contributed by atoms with Crippen LogP contribution in [-0.4, -0.2) is 0 Å². The monoisotopic (exact) mass is 318 g/mol. The minimum Gasteiger partial charge on any atom is -0.313 e. The summed E-state index contributed by atoms with van der Waals surface area (Å²) in [6.45, 7) is 4.21. The van der Waals surface area contributed by atoms with Crippen LogP contribution < -0.4 is 5.30 Å². The molecule has 0 saturated carbocycles. The number of rotatable bonds is 5. The quantitative estimate of drug-likeness (QED) is 0.564. The van der Waals surface area contributed by atoms with Gasteiger partial charge in [0.2, 0.25) is 0 Å². The van der Waals surface area contributed by atoms with E-state index >= 15 is 0 Å². The second kappa shape index (κ2) is 6.81. The van der Waals surface area contributed by atoms with Gasteiger partial charge in [0.1, 0.15) is 7.14 Å². The molecule has 0 heterocycles. The normalized spacial score (nSPS) is 13.2. The SMILES string of the molecule is C=C(c1ccccc1)P(=O)(Cc1ccccc1)c1ccccc1. The minimum atomic E-state index is -2.80. The van der Waals surface area contributed by atoms with Crippen molar-refractivity contribution in [2.24, 2.45) is 0 Å². The van der Waals surface area contributed by atoms with E-state index in [0.717, 1.165) is 16.4 Å². The zero-order valence-electron chi connectivity index (χ0n) is 12.9. The van der Waals surface area contributed by atoms with Gasteiger partial charge in [0, 0.05) is 16.8 Å². The minimum absolute atomic E-state index is 0.492. The molecule has 3 aromatic carbocycles. The Hall–Kier alpha value is -2.37. The molecule has 0 radical (unpaired) electrons. The van der Waals surface area contributed by atoms with E-state index in [1.807, 2.05) is 91.0 Å². The molecule has 0 bridgehead atoms. The molecule has 3 rings (SSSR count). The highest BCUT2D eigenvalue weighted by molar-refractivity contribution is 7.80. The summed E-state index contributed by atoms with van der Waals surface area (Å²) in [4.78, 5) is 0. The van der Waals surface area contributed by atoms with Crippen molar-refractivity contribution in [1.29, 1.82) is 0 Å². The molecule has 3 aromatic rings. The van der Waals surface area contributed by atoms with Gasteiger partial charge in [-0.15, -0.1) is 0 Å². The summed E-state index contributed by atoms with van der Waals surface area (Å²) in [5.41, 5.74) is 2.01. The maximum atomic E-state index is 14.0. The zero-order valence-corrected chi connectivity index (χ0v) is 13.8. The molecule has 0 aliphatic rings. The molecule has 2 heteroatoms. The Bertz CT molecular complexity index is 823. The van der Waals surface area contributed by atoms with Crippen LogP contribution in [0, 0.1) is 0 Å². The Labute approximate surface area is 137 Å². The Morgan fingerprint density at radius 3 is 1.78 bits per heavy atom. The molecular formula is C21H19OP. The molecule has 1 atom stereocenters. The van der Waals surface area contributed by atoms with Crippen LogP contribution >= 0.6 is 7.14 Å². The second-order valence-electron chi connectivity index (χ2n) is 5.53. The van der Waals surface area contributed by atoms with Crippen molar-refractivity contribution in [2.45, 2.75) is 6.16 Å². The fourth-order valence-corrected chi connectivity index (χ4v) is 5.32. The fraction of sp³-hybridized carbons (Fsp3) is 0.0476. The second-order valence-corrected chi connectivity index (χ2v) is 8.38. The van der Waals surface area contributed by atoms with Gasteiger partial charge in [0.05, 0.1) is 0 Å². The van der Waals surface area contributed by atoms with E-state index < -0.39 is 7.14 Å². The molecule has 1 nitrogen and oxygen atoms in total. The Morgan fingerprint density at radius 2 is 1.22 bits per heavy atom. The largest absolute Gasteiger partial charge is 0.313 e. The van der Waals surface area contributed by atoms with Crippen LogP contribution in [0.2, 0.25) is 0 Å². The highest BCUT2D eigenvalue weighted by Gasteiger charge is 2.29. The van der Waals surface area contributed by atoms with Crippen LogP contribution in [0.1, 0.15) is 11.1 Å². The van der Waals surface area contributed by atoms with E-state index in [1.54, 1.807) is 0 Å². The van der Waals surface area contributed by atoms with E-state index in [9.17, 15) is 4.57 Å². The fourth-order valence-electron chi connectivity index (χ4n) is 2.69. The Morgan fingerprint density at radius 1 is 0.739 bits per heavy atom. The van der Waals surface area contributed by atoms with Crippen LogP contribution in [0.4, 0.5) is 0 Å². The topological polar surface area (TPSA) is 17.1 Å². The van der Waals surface area contributed by atoms with Gasteiger partial charge in [0.25, 0.3) is 0 Å². The molecule has 0 fully saturated rings. The molecular weight excluding hydrogens is 299 g/mol. The predicted octanol–water partition coefficient (Wildman–Crippen LogP) is 5.55. The number of hydrogen-bond acceptors (Lipinski definition) is 1. The van der Waals surface area contributed by atoms with E-state index in [-0.39, 0.29) is 0 Å². The third-order valence-corrected chi connectivity index (χ3v) is 7.04. The molecule has 0 saturated heterocycles. The average molecular weight is 318 g/mol. The maximum absolute atomic E-state index is 14.0. The molecule has 0 aliphatic carbocycles. The first-order valence-electron chi connectivity index (χ1n) is 7.64. The van der Waals surface area contributed by atoms with E-state index in [2.05, 4.69) is 6.58 Å². The van der Waals surface area contributed by atoms with Gasteiger partial charge in [-0.2, -0.15) is 0 Å². The molecule has 0 spiro atoms. The zero-order chi connectivity index (χ0) is 16.1. The highest BCUT2D eigenvalue weighted by Crippen LogP contribution is 2.59. The summed E-state index contributed by atoms with van der Waals surface area (Å²) in [5.74, 6) is 0. The van der Waals surface area contributed by atoms with Gasteiger partial charge in [-0.05, 0) is 11.1 Å². The van der Waals surface area contributed by atoms with Gasteiger partial charge in [-0.25, -0.2) is 0 Å². The van der Waals surface area contributed by atoms with Crippen molar-refractivity contribution in [1.82, 2.24) is 0 Å². The van der Waals surface area contributed by atoms with Crippen molar-refractivity contribution in [3.8, 4) is 0 Å². The third kappa shape index (κ3) is 3.36. The van der Waals surface area contributed by atoms with Gasteiger partial charge >= 0.3 is 0 Å². The van der Waals surface area contributed by atoms with Crippen molar-refractivity contribution in [3.05, 3.63) is 109 Å². The van der Waals surface area contributed by atoms with Crippen molar-refractivity contribution in [3.63, 3.8) is 0 Å². The van der Waals surface area contributed by atoms with Gasteiger partial charge in [-0.3, -0.25) is 0 Å². The molecule has 0 aromatic heterocycles. The summed E-state index contributed by atoms with van der Waals surface area (Å²) in [6.07, 6.45) is 0.492. The van der Waals surface area contributed by atoms with Crippen LogP contribution in [0.25, 0.3) is 5.31 Å². The van der Waals surface area contributed by atoms with Crippen LogP contribution in [0.15, 0.2) is 97.6 Å². The van der Waals surface area contributed by atoms with E-state index in [4.69, 9.17) is 0 Å². The average Bonchev–Trinajstić information content (AvgIpc) is 2.63. The first-order valence-corrected chi connectivity index (χ1v) is 9.53. The lowest BCUT2D eigenvalue weighted by atomic mass is 10.2. The standard InChI is InChI=1S/C21H19OP/c1-18(20-13-7-3-8-14-20)23(22,21-15-9-4-10-16-21)17-19-11-5-2-6-12-19/h2-16H,1,17H2. The Balaban J connectivity index is 2.07. The summed E-state index contributed by atoms with van der Waals surface area (Å²) < 4.78 is 14.0. The Kier molecular flexibility index (Phi) is 4.60. The van der Waals surface area contributed by atoms with Gasteiger partial charge in [-0.1, -0.05) is 97.6 Å². The van der Waals surface area contributed by atoms with E-state index in [0.29, 0.717) is 11.5 Å². The van der Waals surface area contributed by atoms with Gasteiger partial charge < -0.3 is 4.57 Å². The molecule has 0 N–H and O–H groups in total. The van der Waals surface area contributed by atoms with E-state index in [1.165, 1.54) is 0 Å². The highest BCUT2D eigenvalue weighted by atomic mass is 31.2. The molecule has 114 valence electrons. The summed E-state index contributed by atoms with van der Waals surface area (Å²) in [6, 6.07) is 29.5. The third-order valence-electron chi connectivity index (χ3n) is 3.96. The summed E-state index contributed by atoms with van der Waals surface area (Å²) in [7, 11) is -2.80. The van der Waals surface area contributed by atoms with Gasteiger partial charge in [0.15, 0.2) is 0 Å². The maximum Gasteiger partial charge on any atom is 0.147 e. The van der Waals surface area contributed by atoms with Crippen molar-refractivity contribution < 1.29 is 4.57 Å². The predicted molar refractivity (Wildman–Crippen MR) is 99.3 cm³/mol. The summed E-state index contributed by atoms with van der Waals surface area (Å²) >= 11 is 0. The smallest absolute Gasteiger partial charge is 0.147 e. The first kappa shape index (κ1) is 15.5. The molecule has 23 heavy (non-hydrogen) atoms. The van der Waals surface area contributed by atoms with Crippen molar-refractivity contribution >= 4 is 17.8 Å². The number of benzene rings is 3. The van der Waals surface area contributed by atoms with Crippen LogP contribution in [0.3, 0.4) is 0 Å². The molecule has 0 amide bonds. The lowest BCUT2D eigenvalue weighted by Gasteiger charge is -2.22. The lowest BCUT2D eigenvalue weighted by Crippen LogP contribution is -2.07. The summed E-state index contributed by atoms with van der Waals surface area (Å²) in [5, 5.41) is 1.57. The molecule has 1 unspecified atom stereocenters. The molecule has 0 aliphatic heterocycles. The van der Waals surface area contributed by atoms with Crippen LogP contribution in [-0.2, 0) is 10.7 Å². The lowest BCUT2D eigenvalue weighted by molar-refractivity contribution is 0.587. The number of hydrogen-bond donors (Lipinski definition) is 0. The van der Waals surface area contributed by atoms with Crippen LogP contribution in [0.5, 0.6) is 0 Å².